The van der Waals surface area contributed by atoms with Crippen LogP contribution in [0.25, 0.3) is 0 Å². The molecule has 0 bridgehead atoms. The molecule has 1 fully saturated rings. The van der Waals surface area contributed by atoms with Gasteiger partial charge in [-0.2, -0.15) is 0 Å². The van der Waals surface area contributed by atoms with Gasteiger partial charge in [-0.05, 0) is 42.7 Å². The van der Waals surface area contributed by atoms with E-state index in [2.05, 4.69) is 23.2 Å². The number of morpholine rings is 1. The smallest absolute Gasteiger partial charge is 0.241 e. The van der Waals surface area contributed by atoms with Gasteiger partial charge in [-0.15, -0.1) is 0 Å². The number of nitrogens with one attached hydrogen (secondary N) is 1. The molecular formula is C23H28FN3O2. The highest BCUT2D eigenvalue weighted by Gasteiger charge is 2.30. The van der Waals surface area contributed by atoms with Crippen molar-refractivity contribution in [1.29, 1.82) is 0 Å². The van der Waals surface area contributed by atoms with Gasteiger partial charge in [0.15, 0.2) is 0 Å². The Labute approximate surface area is 171 Å². The van der Waals surface area contributed by atoms with E-state index in [-0.39, 0.29) is 30.4 Å². The Morgan fingerprint density at radius 2 is 1.90 bits per heavy atom. The summed E-state index contributed by atoms with van der Waals surface area (Å²) in [5.41, 5.74) is 3.30. The number of hydrogen-bond acceptors (Lipinski definition) is 4. The molecule has 2 aliphatic heterocycles. The number of benzene rings is 2. The van der Waals surface area contributed by atoms with Gasteiger partial charge in [-0.1, -0.05) is 30.3 Å². The summed E-state index contributed by atoms with van der Waals surface area (Å²) in [5.74, 6) is -0.151. The van der Waals surface area contributed by atoms with Gasteiger partial charge in [0.05, 0.1) is 19.8 Å². The summed E-state index contributed by atoms with van der Waals surface area (Å²) in [6.45, 7) is 6.04. The lowest BCUT2D eigenvalue weighted by Crippen LogP contribution is -2.46. The number of nitrogens with zero attached hydrogens (tertiary/aromatic N) is 2. The van der Waals surface area contributed by atoms with Gasteiger partial charge in [-0.3, -0.25) is 9.69 Å². The summed E-state index contributed by atoms with van der Waals surface area (Å²) >= 11 is 0. The molecular weight excluding hydrogens is 369 g/mol. The quantitative estimate of drug-likeness (QED) is 0.814. The van der Waals surface area contributed by atoms with Crippen molar-refractivity contribution in [2.75, 3.05) is 44.3 Å². The SMILES string of the molecule is CC1Cc2ccccc2N1C(=O)CNCC(c1ccc(F)cc1)N1CCOCC1. The molecule has 0 spiro atoms. The first-order valence-electron chi connectivity index (χ1n) is 10.3. The van der Waals surface area contributed by atoms with Gasteiger partial charge >= 0.3 is 0 Å². The molecule has 2 aromatic carbocycles. The number of anilines is 1. The maximum absolute atomic E-state index is 13.4. The third-order valence-electron chi connectivity index (χ3n) is 5.83. The number of para-hydroxylation sites is 1. The fourth-order valence-corrected chi connectivity index (χ4v) is 4.38. The van der Waals surface area contributed by atoms with E-state index in [1.807, 2.05) is 35.2 Å². The van der Waals surface area contributed by atoms with E-state index in [0.717, 1.165) is 30.8 Å². The monoisotopic (exact) mass is 397 g/mol. The third-order valence-corrected chi connectivity index (χ3v) is 5.83. The van der Waals surface area contributed by atoms with Crippen LogP contribution in [0.1, 0.15) is 24.1 Å². The van der Waals surface area contributed by atoms with Crippen molar-refractivity contribution in [3.8, 4) is 0 Å². The number of carbonyl (C=O) groups excluding carboxylic acids is 1. The maximum atomic E-state index is 13.4. The summed E-state index contributed by atoms with van der Waals surface area (Å²) < 4.78 is 18.9. The number of rotatable bonds is 6. The molecule has 5 nitrogen and oxygen atoms in total. The second kappa shape index (κ2) is 9.03. The predicted molar refractivity (Wildman–Crippen MR) is 111 cm³/mol. The predicted octanol–water partition coefficient (Wildman–Crippen LogP) is 2.77. The van der Waals surface area contributed by atoms with Crippen molar-refractivity contribution in [2.45, 2.75) is 25.4 Å². The molecule has 1 amide bonds. The summed E-state index contributed by atoms with van der Waals surface area (Å²) in [4.78, 5) is 17.2. The number of fused-ring (bicyclic) bond motifs is 1. The zero-order chi connectivity index (χ0) is 20.2. The molecule has 1 saturated heterocycles. The number of hydrogen-bond donors (Lipinski definition) is 1. The van der Waals surface area contributed by atoms with Crippen molar-refractivity contribution in [1.82, 2.24) is 10.2 Å². The highest BCUT2D eigenvalue weighted by molar-refractivity contribution is 5.97. The summed E-state index contributed by atoms with van der Waals surface area (Å²) in [6, 6.07) is 15.0. The van der Waals surface area contributed by atoms with Crippen LogP contribution >= 0.6 is 0 Å². The molecule has 6 heteroatoms. The van der Waals surface area contributed by atoms with Gasteiger partial charge in [-0.25, -0.2) is 4.39 Å². The molecule has 2 aromatic rings. The molecule has 2 atom stereocenters. The molecule has 2 heterocycles. The van der Waals surface area contributed by atoms with Crippen molar-refractivity contribution >= 4 is 11.6 Å². The van der Waals surface area contributed by atoms with Crippen molar-refractivity contribution in [3.63, 3.8) is 0 Å². The van der Waals surface area contributed by atoms with Crippen LogP contribution in [0.15, 0.2) is 48.5 Å². The lowest BCUT2D eigenvalue weighted by atomic mass is 10.0. The first-order chi connectivity index (χ1) is 14.1. The van der Waals surface area contributed by atoms with Crippen molar-refractivity contribution < 1.29 is 13.9 Å². The van der Waals surface area contributed by atoms with E-state index in [4.69, 9.17) is 4.74 Å². The van der Waals surface area contributed by atoms with Gasteiger partial charge in [0.1, 0.15) is 5.82 Å². The van der Waals surface area contributed by atoms with E-state index < -0.39 is 0 Å². The number of halogens is 1. The second-order valence-corrected chi connectivity index (χ2v) is 7.79. The van der Waals surface area contributed by atoms with E-state index in [9.17, 15) is 9.18 Å². The largest absolute Gasteiger partial charge is 0.379 e. The van der Waals surface area contributed by atoms with Crippen LogP contribution in [0.3, 0.4) is 0 Å². The van der Waals surface area contributed by atoms with Gasteiger partial charge in [0.25, 0.3) is 0 Å². The molecule has 2 unspecified atom stereocenters. The zero-order valence-electron chi connectivity index (χ0n) is 16.8. The standard InChI is InChI=1S/C23H28FN3O2/c1-17-14-19-4-2-3-5-21(19)27(17)23(28)16-25-15-22(26-10-12-29-13-11-26)18-6-8-20(24)9-7-18/h2-9,17,22,25H,10-16H2,1H3. The first kappa shape index (κ1) is 20.0. The van der Waals surface area contributed by atoms with Gasteiger partial charge < -0.3 is 15.0 Å². The van der Waals surface area contributed by atoms with Gasteiger partial charge in [0, 0.05) is 37.4 Å². The van der Waals surface area contributed by atoms with Crippen LogP contribution < -0.4 is 10.2 Å². The Bertz CT molecular complexity index is 836. The maximum Gasteiger partial charge on any atom is 0.241 e. The molecule has 0 saturated carbocycles. The van der Waals surface area contributed by atoms with Crippen LogP contribution in [-0.2, 0) is 16.0 Å². The lowest BCUT2D eigenvalue weighted by molar-refractivity contribution is -0.118. The van der Waals surface area contributed by atoms with Gasteiger partial charge in [0.2, 0.25) is 5.91 Å². The Hall–Kier alpha value is -2.28. The van der Waals surface area contributed by atoms with E-state index in [1.54, 1.807) is 0 Å². The Kier molecular flexibility index (Phi) is 6.23. The van der Waals surface area contributed by atoms with Crippen molar-refractivity contribution in [2.24, 2.45) is 0 Å². The van der Waals surface area contributed by atoms with E-state index >= 15 is 0 Å². The van der Waals surface area contributed by atoms with Crippen LogP contribution in [0, 0.1) is 5.82 Å². The highest BCUT2D eigenvalue weighted by atomic mass is 19.1. The number of amides is 1. The zero-order valence-corrected chi connectivity index (χ0v) is 16.8. The molecule has 2 aliphatic rings. The van der Waals surface area contributed by atoms with Crippen LogP contribution in [-0.4, -0.2) is 56.2 Å². The van der Waals surface area contributed by atoms with Crippen molar-refractivity contribution in [3.05, 3.63) is 65.5 Å². The number of carbonyl (C=O) groups is 1. The normalized spacial score (nSPS) is 20.5. The Balaban J connectivity index is 1.41. The molecule has 0 radical (unpaired) electrons. The molecule has 0 aromatic heterocycles. The summed E-state index contributed by atoms with van der Waals surface area (Å²) in [6.07, 6.45) is 0.897. The van der Waals surface area contributed by atoms with Crippen LogP contribution in [0.4, 0.5) is 10.1 Å². The minimum atomic E-state index is -0.237. The number of ether oxygens (including phenoxy) is 1. The highest BCUT2D eigenvalue weighted by Crippen LogP contribution is 2.31. The summed E-state index contributed by atoms with van der Waals surface area (Å²) in [5, 5.41) is 3.36. The molecule has 29 heavy (non-hydrogen) atoms. The summed E-state index contributed by atoms with van der Waals surface area (Å²) in [7, 11) is 0. The minimum absolute atomic E-state index is 0.0792. The Morgan fingerprint density at radius 1 is 1.17 bits per heavy atom. The molecule has 4 rings (SSSR count). The van der Waals surface area contributed by atoms with Crippen LogP contribution in [0.5, 0.6) is 0 Å². The molecule has 1 N–H and O–H groups in total. The van der Waals surface area contributed by atoms with E-state index in [0.29, 0.717) is 19.8 Å². The first-order valence-corrected chi connectivity index (χ1v) is 10.3. The van der Waals surface area contributed by atoms with E-state index in [1.165, 1.54) is 17.7 Å². The molecule has 154 valence electrons. The average molecular weight is 397 g/mol. The lowest BCUT2D eigenvalue weighted by Gasteiger charge is -2.35. The topological polar surface area (TPSA) is 44.8 Å². The molecule has 0 aliphatic carbocycles. The second-order valence-electron chi connectivity index (χ2n) is 7.79. The fourth-order valence-electron chi connectivity index (χ4n) is 4.38. The minimum Gasteiger partial charge on any atom is -0.379 e. The average Bonchev–Trinajstić information content (AvgIpc) is 3.08. The Morgan fingerprint density at radius 3 is 2.66 bits per heavy atom. The third kappa shape index (κ3) is 4.50. The van der Waals surface area contributed by atoms with Crippen LogP contribution in [0.2, 0.25) is 0 Å². The fraction of sp³-hybridized carbons (Fsp3) is 0.435.